The van der Waals surface area contributed by atoms with Gasteiger partial charge in [-0.2, -0.15) is 0 Å². The molecule has 1 saturated heterocycles. The van der Waals surface area contributed by atoms with Crippen molar-refractivity contribution in [3.05, 3.63) is 0 Å². The quantitative estimate of drug-likeness (QED) is 0.582. The minimum Gasteiger partial charge on any atom is -0.372 e. The molecular formula is C7H14O3S. The fourth-order valence-electron chi connectivity index (χ4n) is 0.659. The van der Waals surface area contributed by atoms with Crippen molar-refractivity contribution in [2.24, 2.45) is 0 Å². The van der Waals surface area contributed by atoms with Gasteiger partial charge in [-0.3, -0.25) is 0 Å². The molecule has 1 aliphatic heterocycles. The molecule has 1 rings (SSSR count). The number of ether oxygens (including phenoxy) is 1. The summed E-state index contributed by atoms with van der Waals surface area (Å²) >= 11 is 0. The fraction of sp³-hybridized carbons (Fsp3) is 1.00. The lowest BCUT2D eigenvalue weighted by molar-refractivity contribution is 0.421. The predicted octanol–water partition coefficient (Wildman–Crippen LogP) is 0.599. The summed E-state index contributed by atoms with van der Waals surface area (Å²) in [6, 6.07) is 0. The fourth-order valence-corrected chi connectivity index (χ4v) is 1.84. The maximum atomic E-state index is 11.4. The van der Waals surface area contributed by atoms with Crippen LogP contribution in [0.15, 0.2) is 0 Å². The zero-order valence-corrected chi connectivity index (χ0v) is 7.94. The van der Waals surface area contributed by atoms with Gasteiger partial charge in [-0.15, -0.1) is 0 Å². The van der Waals surface area contributed by atoms with Crippen molar-refractivity contribution in [2.45, 2.75) is 31.6 Å². The summed E-state index contributed by atoms with van der Waals surface area (Å²) in [4.78, 5) is 0. The molecule has 0 unspecified atom stereocenters. The Morgan fingerprint density at radius 3 is 2.18 bits per heavy atom. The molecule has 1 fully saturated rings. The molecule has 3 nitrogen and oxygen atoms in total. The van der Waals surface area contributed by atoms with Crippen molar-refractivity contribution in [1.82, 2.24) is 0 Å². The lowest BCUT2D eigenvalue weighted by atomic mass is 10.3. The summed E-state index contributed by atoms with van der Waals surface area (Å²) in [7, 11) is -2.96. The highest BCUT2D eigenvalue weighted by Crippen LogP contribution is 2.21. The molecule has 0 radical (unpaired) electrons. The van der Waals surface area contributed by atoms with Crippen LogP contribution in [0.25, 0.3) is 0 Å². The minimum atomic E-state index is -2.96. The standard InChI is InChI=1S/C7H14O3S/c1-7(2,3)11(8,9)5-6-4-10-6/h6H,4-5H2,1-3H3/t6-/m0/s1. The van der Waals surface area contributed by atoms with Crippen LogP contribution >= 0.6 is 0 Å². The topological polar surface area (TPSA) is 46.7 Å². The Balaban J connectivity index is 2.65. The van der Waals surface area contributed by atoms with Gasteiger partial charge >= 0.3 is 0 Å². The summed E-state index contributed by atoms with van der Waals surface area (Å²) in [6.45, 7) is 5.75. The molecular weight excluding hydrogens is 164 g/mol. The van der Waals surface area contributed by atoms with Gasteiger partial charge in [0.05, 0.1) is 23.2 Å². The normalized spacial score (nSPS) is 25.2. The first-order valence-electron chi connectivity index (χ1n) is 3.67. The molecule has 11 heavy (non-hydrogen) atoms. The van der Waals surface area contributed by atoms with E-state index in [0.29, 0.717) is 6.61 Å². The maximum absolute atomic E-state index is 11.4. The Labute approximate surface area is 67.7 Å². The first kappa shape index (κ1) is 9.00. The lowest BCUT2D eigenvalue weighted by Gasteiger charge is -2.17. The highest BCUT2D eigenvalue weighted by Gasteiger charge is 2.36. The Morgan fingerprint density at radius 2 is 1.91 bits per heavy atom. The summed E-state index contributed by atoms with van der Waals surface area (Å²) in [5.74, 6) is 0.177. The molecule has 0 aliphatic carbocycles. The Morgan fingerprint density at radius 1 is 1.45 bits per heavy atom. The van der Waals surface area contributed by atoms with Gasteiger partial charge in [0.2, 0.25) is 0 Å². The van der Waals surface area contributed by atoms with Gasteiger partial charge in [-0.25, -0.2) is 8.42 Å². The largest absolute Gasteiger partial charge is 0.372 e. The van der Waals surface area contributed by atoms with Gasteiger partial charge in [-0.1, -0.05) is 0 Å². The lowest BCUT2D eigenvalue weighted by Crippen LogP contribution is -2.32. The third kappa shape index (κ3) is 2.17. The predicted molar refractivity (Wildman–Crippen MR) is 43.3 cm³/mol. The number of epoxide rings is 1. The molecule has 0 saturated carbocycles. The van der Waals surface area contributed by atoms with Gasteiger partial charge in [0, 0.05) is 0 Å². The zero-order chi connectivity index (χ0) is 8.70. The van der Waals surface area contributed by atoms with Crippen molar-refractivity contribution >= 4 is 9.84 Å². The number of hydrogen-bond donors (Lipinski definition) is 0. The van der Waals surface area contributed by atoms with Gasteiger partial charge in [-0.05, 0) is 20.8 Å². The number of hydrogen-bond acceptors (Lipinski definition) is 3. The second-order valence-electron chi connectivity index (χ2n) is 3.85. The Kier molecular flexibility index (Phi) is 2.01. The van der Waals surface area contributed by atoms with Crippen LogP contribution in [-0.4, -0.2) is 31.6 Å². The van der Waals surface area contributed by atoms with E-state index in [1.165, 1.54) is 0 Å². The van der Waals surface area contributed by atoms with Crippen molar-refractivity contribution in [3.63, 3.8) is 0 Å². The Hall–Kier alpha value is -0.0900. The van der Waals surface area contributed by atoms with E-state index in [9.17, 15) is 8.42 Å². The second kappa shape index (κ2) is 2.45. The first-order valence-corrected chi connectivity index (χ1v) is 5.32. The third-order valence-corrected chi connectivity index (χ3v) is 4.42. The summed E-state index contributed by atoms with van der Waals surface area (Å²) in [5.41, 5.74) is 0. The van der Waals surface area contributed by atoms with E-state index in [1.54, 1.807) is 20.8 Å². The Bertz CT molecular complexity index is 231. The molecule has 1 heterocycles. The first-order chi connectivity index (χ1) is 4.83. The van der Waals surface area contributed by atoms with E-state index in [2.05, 4.69) is 0 Å². The van der Waals surface area contributed by atoms with Crippen molar-refractivity contribution in [3.8, 4) is 0 Å². The van der Waals surface area contributed by atoms with Crippen LogP contribution in [-0.2, 0) is 14.6 Å². The monoisotopic (exact) mass is 178 g/mol. The minimum absolute atomic E-state index is 0.0285. The van der Waals surface area contributed by atoms with E-state index in [1.807, 2.05) is 0 Å². The van der Waals surface area contributed by atoms with E-state index in [0.717, 1.165) is 0 Å². The van der Waals surface area contributed by atoms with Crippen LogP contribution in [0.4, 0.5) is 0 Å². The molecule has 0 N–H and O–H groups in total. The summed E-state index contributed by atoms with van der Waals surface area (Å²) < 4.78 is 27.1. The van der Waals surface area contributed by atoms with E-state index in [4.69, 9.17) is 4.74 Å². The molecule has 1 atom stereocenters. The smallest absolute Gasteiger partial charge is 0.157 e. The molecule has 1 aliphatic rings. The highest BCUT2D eigenvalue weighted by molar-refractivity contribution is 7.92. The SMILES string of the molecule is CC(C)(C)S(=O)(=O)C[C@@H]1CO1. The van der Waals surface area contributed by atoms with Crippen LogP contribution in [0, 0.1) is 0 Å². The van der Waals surface area contributed by atoms with Crippen LogP contribution in [0.1, 0.15) is 20.8 Å². The number of sulfone groups is 1. The van der Waals surface area contributed by atoms with Crippen LogP contribution < -0.4 is 0 Å². The van der Waals surface area contributed by atoms with Crippen LogP contribution in [0.3, 0.4) is 0 Å². The molecule has 0 aromatic rings. The molecule has 0 spiro atoms. The van der Waals surface area contributed by atoms with Crippen molar-refractivity contribution in [1.29, 1.82) is 0 Å². The molecule has 4 heteroatoms. The van der Waals surface area contributed by atoms with E-state index < -0.39 is 14.6 Å². The zero-order valence-electron chi connectivity index (χ0n) is 7.12. The van der Waals surface area contributed by atoms with Crippen LogP contribution in [0.5, 0.6) is 0 Å². The molecule has 66 valence electrons. The maximum Gasteiger partial charge on any atom is 0.157 e. The van der Waals surface area contributed by atoms with Gasteiger partial charge in [0.25, 0.3) is 0 Å². The average Bonchev–Trinajstić information content (AvgIpc) is 2.45. The van der Waals surface area contributed by atoms with Gasteiger partial charge in [0.1, 0.15) is 0 Å². The average molecular weight is 178 g/mol. The highest BCUT2D eigenvalue weighted by atomic mass is 32.2. The van der Waals surface area contributed by atoms with E-state index >= 15 is 0 Å². The van der Waals surface area contributed by atoms with Gasteiger partial charge in [0.15, 0.2) is 9.84 Å². The summed E-state index contributed by atoms with van der Waals surface area (Å²) in [5, 5.41) is 0. The van der Waals surface area contributed by atoms with E-state index in [-0.39, 0.29) is 11.9 Å². The van der Waals surface area contributed by atoms with Crippen molar-refractivity contribution < 1.29 is 13.2 Å². The summed E-state index contributed by atoms with van der Waals surface area (Å²) in [6.07, 6.45) is -0.0285. The van der Waals surface area contributed by atoms with Crippen LogP contribution in [0.2, 0.25) is 0 Å². The van der Waals surface area contributed by atoms with Gasteiger partial charge < -0.3 is 4.74 Å². The molecule has 0 amide bonds. The molecule has 0 aromatic heterocycles. The second-order valence-corrected chi connectivity index (χ2v) is 6.64. The van der Waals surface area contributed by atoms with Crippen molar-refractivity contribution in [2.75, 3.05) is 12.4 Å². The molecule has 0 aromatic carbocycles. The number of rotatable bonds is 2. The third-order valence-electron chi connectivity index (χ3n) is 1.74. The molecule has 0 bridgehead atoms.